The molecule has 2 aromatic carbocycles. The Bertz CT molecular complexity index is 694. The number of carbonyl (C=O) groups is 1. The van der Waals surface area contributed by atoms with Gasteiger partial charge >= 0.3 is 0 Å². The maximum absolute atomic E-state index is 12.5. The van der Waals surface area contributed by atoms with Gasteiger partial charge in [-0.15, -0.1) is 0 Å². The molecular formula is C17H15BrO3. The fraction of sp³-hybridized carbons (Fsp3) is 0.235. The van der Waals surface area contributed by atoms with E-state index in [0.717, 1.165) is 27.8 Å². The first-order valence-electron chi connectivity index (χ1n) is 6.79. The van der Waals surface area contributed by atoms with Crippen LogP contribution in [-0.4, -0.2) is 19.5 Å². The topological polar surface area (TPSA) is 35.5 Å². The Morgan fingerprint density at radius 2 is 2.19 bits per heavy atom. The number of benzene rings is 2. The molecule has 0 radical (unpaired) electrons. The summed E-state index contributed by atoms with van der Waals surface area (Å²) in [6.45, 7) is 0.687. The molecule has 0 N–H and O–H groups in total. The number of ether oxygens (including phenoxy) is 2. The summed E-state index contributed by atoms with van der Waals surface area (Å²) in [5, 5.41) is 0. The minimum atomic E-state index is 0.0599. The number of methoxy groups -OCH3 is 1. The SMILES string of the molecule is COc1cccc(C(=O)Cc2cc(Br)cc3c2OCC3)c1. The van der Waals surface area contributed by atoms with E-state index in [-0.39, 0.29) is 5.78 Å². The maximum atomic E-state index is 12.5. The molecule has 0 unspecified atom stereocenters. The zero-order valence-corrected chi connectivity index (χ0v) is 13.3. The zero-order valence-electron chi connectivity index (χ0n) is 11.7. The van der Waals surface area contributed by atoms with Gasteiger partial charge in [-0.25, -0.2) is 0 Å². The summed E-state index contributed by atoms with van der Waals surface area (Å²) in [4.78, 5) is 12.5. The molecule has 0 amide bonds. The molecule has 0 saturated heterocycles. The number of Topliss-reactive ketones (excluding diaryl/α,β-unsaturated/α-hetero) is 1. The second-order valence-corrected chi connectivity index (χ2v) is 5.90. The Morgan fingerprint density at radius 3 is 3.00 bits per heavy atom. The van der Waals surface area contributed by atoms with Crippen LogP contribution in [0.1, 0.15) is 21.5 Å². The molecule has 0 atom stereocenters. The fourth-order valence-electron chi connectivity index (χ4n) is 2.55. The van der Waals surface area contributed by atoms with Crippen molar-refractivity contribution in [2.75, 3.05) is 13.7 Å². The van der Waals surface area contributed by atoms with Crippen LogP contribution in [0.5, 0.6) is 11.5 Å². The highest BCUT2D eigenvalue weighted by Crippen LogP contribution is 2.33. The highest BCUT2D eigenvalue weighted by Gasteiger charge is 2.19. The molecule has 0 aromatic heterocycles. The number of rotatable bonds is 4. The van der Waals surface area contributed by atoms with E-state index in [1.807, 2.05) is 24.3 Å². The third-order valence-electron chi connectivity index (χ3n) is 3.57. The van der Waals surface area contributed by atoms with Crippen LogP contribution in [0.25, 0.3) is 0 Å². The van der Waals surface area contributed by atoms with Crippen molar-refractivity contribution >= 4 is 21.7 Å². The van der Waals surface area contributed by atoms with Gasteiger partial charge in [0.2, 0.25) is 0 Å². The van der Waals surface area contributed by atoms with Crippen molar-refractivity contribution in [2.24, 2.45) is 0 Å². The Balaban J connectivity index is 1.88. The van der Waals surface area contributed by atoms with Gasteiger partial charge in [0.1, 0.15) is 11.5 Å². The van der Waals surface area contributed by atoms with Gasteiger partial charge in [0.05, 0.1) is 13.7 Å². The number of fused-ring (bicyclic) bond motifs is 1. The molecule has 0 spiro atoms. The normalized spacial score (nSPS) is 12.7. The minimum absolute atomic E-state index is 0.0599. The number of halogens is 1. The molecule has 0 bridgehead atoms. The predicted octanol–water partition coefficient (Wildman–Crippen LogP) is 3.82. The van der Waals surface area contributed by atoms with Crippen molar-refractivity contribution in [1.82, 2.24) is 0 Å². The van der Waals surface area contributed by atoms with E-state index >= 15 is 0 Å². The lowest BCUT2D eigenvalue weighted by atomic mass is 10.00. The molecule has 2 aromatic rings. The first-order chi connectivity index (χ1) is 10.2. The summed E-state index contributed by atoms with van der Waals surface area (Å²) in [7, 11) is 1.60. The Kier molecular flexibility index (Phi) is 3.97. The zero-order chi connectivity index (χ0) is 14.8. The van der Waals surface area contributed by atoms with Crippen LogP contribution in [0, 0.1) is 0 Å². The van der Waals surface area contributed by atoms with Gasteiger partial charge < -0.3 is 9.47 Å². The standard InChI is InChI=1S/C17H15BrO3/c1-20-15-4-2-3-11(9-15)16(19)10-13-8-14(18)7-12-5-6-21-17(12)13/h2-4,7-9H,5-6,10H2,1H3. The van der Waals surface area contributed by atoms with Gasteiger partial charge in [-0.3, -0.25) is 4.79 Å². The van der Waals surface area contributed by atoms with Crippen molar-refractivity contribution < 1.29 is 14.3 Å². The summed E-state index contributed by atoms with van der Waals surface area (Å²) in [5.74, 6) is 1.62. The van der Waals surface area contributed by atoms with Crippen LogP contribution in [0.4, 0.5) is 0 Å². The van der Waals surface area contributed by atoms with Gasteiger partial charge in [-0.1, -0.05) is 28.1 Å². The van der Waals surface area contributed by atoms with Crippen LogP contribution < -0.4 is 9.47 Å². The Labute approximate surface area is 132 Å². The summed E-state index contributed by atoms with van der Waals surface area (Å²) >= 11 is 3.50. The number of carbonyl (C=O) groups excluding carboxylic acids is 1. The van der Waals surface area contributed by atoms with E-state index < -0.39 is 0 Å². The first kappa shape index (κ1) is 14.1. The molecule has 3 rings (SSSR count). The van der Waals surface area contributed by atoms with Crippen molar-refractivity contribution in [3.05, 3.63) is 57.6 Å². The highest BCUT2D eigenvalue weighted by atomic mass is 79.9. The van der Waals surface area contributed by atoms with Crippen LogP contribution in [0.2, 0.25) is 0 Å². The monoisotopic (exact) mass is 346 g/mol. The number of hydrogen-bond donors (Lipinski definition) is 0. The molecule has 1 aliphatic rings. The highest BCUT2D eigenvalue weighted by molar-refractivity contribution is 9.10. The summed E-state index contributed by atoms with van der Waals surface area (Å²) in [5.41, 5.74) is 2.75. The summed E-state index contributed by atoms with van der Waals surface area (Å²) < 4.78 is 11.8. The molecule has 0 aliphatic carbocycles. The third kappa shape index (κ3) is 2.95. The average Bonchev–Trinajstić information content (AvgIpc) is 2.95. The lowest BCUT2D eigenvalue weighted by Gasteiger charge is -2.09. The quantitative estimate of drug-likeness (QED) is 0.789. The van der Waals surface area contributed by atoms with Crippen molar-refractivity contribution in [2.45, 2.75) is 12.8 Å². The second-order valence-electron chi connectivity index (χ2n) is 4.98. The van der Waals surface area contributed by atoms with E-state index in [4.69, 9.17) is 9.47 Å². The molecule has 3 nitrogen and oxygen atoms in total. The largest absolute Gasteiger partial charge is 0.497 e. The molecule has 0 saturated carbocycles. The molecule has 108 valence electrons. The first-order valence-corrected chi connectivity index (χ1v) is 7.58. The van der Waals surface area contributed by atoms with Crippen LogP contribution in [-0.2, 0) is 12.8 Å². The van der Waals surface area contributed by atoms with Crippen molar-refractivity contribution in [3.63, 3.8) is 0 Å². The van der Waals surface area contributed by atoms with Crippen LogP contribution >= 0.6 is 15.9 Å². The minimum Gasteiger partial charge on any atom is -0.497 e. The second kappa shape index (κ2) is 5.90. The van der Waals surface area contributed by atoms with E-state index in [1.54, 1.807) is 13.2 Å². The van der Waals surface area contributed by atoms with Crippen molar-refractivity contribution in [1.29, 1.82) is 0 Å². The molecule has 1 heterocycles. The average molecular weight is 347 g/mol. The summed E-state index contributed by atoms with van der Waals surface area (Å²) in [6, 6.07) is 11.3. The lowest BCUT2D eigenvalue weighted by molar-refractivity contribution is 0.0991. The van der Waals surface area contributed by atoms with E-state index in [1.165, 1.54) is 0 Å². The Hall–Kier alpha value is -1.81. The number of hydrogen-bond acceptors (Lipinski definition) is 3. The van der Waals surface area contributed by atoms with Crippen LogP contribution in [0.3, 0.4) is 0 Å². The molecule has 0 fully saturated rings. The molecule has 21 heavy (non-hydrogen) atoms. The number of ketones is 1. The van der Waals surface area contributed by atoms with E-state index in [9.17, 15) is 4.79 Å². The van der Waals surface area contributed by atoms with Crippen molar-refractivity contribution in [3.8, 4) is 11.5 Å². The van der Waals surface area contributed by atoms with Gasteiger partial charge in [0.25, 0.3) is 0 Å². The summed E-state index contributed by atoms with van der Waals surface area (Å²) in [6.07, 6.45) is 1.23. The smallest absolute Gasteiger partial charge is 0.167 e. The van der Waals surface area contributed by atoms with Crippen LogP contribution in [0.15, 0.2) is 40.9 Å². The Morgan fingerprint density at radius 1 is 1.33 bits per heavy atom. The van der Waals surface area contributed by atoms with Gasteiger partial charge in [0, 0.05) is 28.4 Å². The van der Waals surface area contributed by atoms with Gasteiger partial charge in [-0.05, 0) is 29.8 Å². The lowest BCUT2D eigenvalue weighted by Crippen LogP contribution is -2.05. The predicted molar refractivity (Wildman–Crippen MR) is 84.4 cm³/mol. The molecular weight excluding hydrogens is 332 g/mol. The molecule has 1 aliphatic heterocycles. The van der Waals surface area contributed by atoms with Gasteiger partial charge in [0.15, 0.2) is 5.78 Å². The molecule has 4 heteroatoms. The fourth-order valence-corrected chi connectivity index (χ4v) is 3.10. The third-order valence-corrected chi connectivity index (χ3v) is 4.03. The van der Waals surface area contributed by atoms with E-state index in [2.05, 4.69) is 22.0 Å². The van der Waals surface area contributed by atoms with E-state index in [0.29, 0.717) is 24.3 Å². The maximum Gasteiger partial charge on any atom is 0.167 e. The van der Waals surface area contributed by atoms with Gasteiger partial charge in [-0.2, -0.15) is 0 Å².